The minimum atomic E-state index is 0.336. The molecule has 0 aromatic carbocycles. The zero-order valence-corrected chi connectivity index (χ0v) is 10.4. The second-order valence-corrected chi connectivity index (χ2v) is 4.39. The maximum Gasteiger partial charge on any atom is 0.143 e. The standard InChI is InChI=1S/C11H21BrO/c1-3-4-5-6-7-10(2)8-11(13)9-12/h10H,3-9H2,1-2H3. The molecular weight excluding hydrogens is 228 g/mol. The molecule has 0 aromatic rings. The minimum Gasteiger partial charge on any atom is -0.299 e. The third-order valence-electron chi connectivity index (χ3n) is 2.28. The van der Waals surface area contributed by atoms with E-state index in [2.05, 4.69) is 29.8 Å². The van der Waals surface area contributed by atoms with Gasteiger partial charge in [0.1, 0.15) is 5.78 Å². The molecule has 1 atom stereocenters. The van der Waals surface area contributed by atoms with Crippen LogP contribution in [-0.2, 0) is 4.79 Å². The molecule has 0 bridgehead atoms. The average molecular weight is 249 g/mol. The van der Waals surface area contributed by atoms with Gasteiger partial charge >= 0.3 is 0 Å². The molecule has 0 heterocycles. The van der Waals surface area contributed by atoms with Crippen LogP contribution in [0.15, 0.2) is 0 Å². The van der Waals surface area contributed by atoms with Gasteiger partial charge in [0, 0.05) is 6.42 Å². The monoisotopic (exact) mass is 248 g/mol. The van der Waals surface area contributed by atoms with Gasteiger partial charge < -0.3 is 0 Å². The van der Waals surface area contributed by atoms with Crippen molar-refractivity contribution in [2.75, 3.05) is 5.33 Å². The number of ketones is 1. The van der Waals surface area contributed by atoms with Gasteiger partial charge in [-0.3, -0.25) is 4.79 Å². The molecule has 0 rings (SSSR count). The smallest absolute Gasteiger partial charge is 0.143 e. The Hall–Kier alpha value is 0.150. The number of unbranched alkanes of at least 4 members (excludes halogenated alkanes) is 3. The molecular formula is C11H21BrO. The highest BCUT2D eigenvalue weighted by molar-refractivity contribution is 9.09. The molecule has 13 heavy (non-hydrogen) atoms. The summed E-state index contributed by atoms with van der Waals surface area (Å²) in [4.78, 5) is 11.1. The van der Waals surface area contributed by atoms with Crippen LogP contribution in [0, 0.1) is 5.92 Å². The molecule has 0 N–H and O–H groups in total. The second kappa shape index (κ2) is 8.74. The lowest BCUT2D eigenvalue weighted by Crippen LogP contribution is -2.06. The van der Waals surface area contributed by atoms with Crippen molar-refractivity contribution in [3.05, 3.63) is 0 Å². The molecule has 0 radical (unpaired) electrons. The highest BCUT2D eigenvalue weighted by atomic mass is 79.9. The predicted molar refractivity (Wildman–Crippen MR) is 61.3 cm³/mol. The zero-order valence-electron chi connectivity index (χ0n) is 8.81. The number of carbonyl (C=O) groups is 1. The van der Waals surface area contributed by atoms with E-state index in [1.807, 2.05) is 0 Å². The Morgan fingerprint density at radius 2 is 2.00 bits per heavy atom. The minimum absolute atomic E-state index is 0.336. The Balaban J connectivity index is 3.29. The summed E-state index contributed by atoms with van der Waals surface area (Å²) >= 11 is 3.19. The number of carbonyl (C=O) groups excluding carboxylic acids is 1. The number of alkyl halides is 1. The molecule has 0 aliphatic carbocycles. The van der Waals surface area contributed by atoms with Crippen LogP contribution in [0.3, 0.4) is 0 Å². The van der Waals surface area contributed by atoms with E-state index < -0.39 is 0 Å². The molecule has 0 saturated carbocycles. The fourth-order valence-electron chi connectivity index (χ4n) is 1.46. The first kappa shape index (κ1) is 13.2. The summed E-state index contributed by atoms with van der Waals surface area (Å²) < 4.78 is 0. The highest BCUT2D eigenvalue weighted by Gasteiger charge is 2.06. The molecule has 0 saturated heterocycles. The van der Waals surface area contributed by atoms with Gasteiger partial charge in [-0.2, -0.15) is 0 Å². The largest absolute Gasteiger partial charge is 0.299 e. The molecule has 0 aliphatic heterocycles. The third-order valence-corrected chi connectivity index (χ3v) is 2.90. The zero-order chi connectivity index (χ0) is 10.1. The van der Waals surface area contributed by atoms with Gasteiger partial charge in [-0.1, -0.05) is 61.9 Å². The van der Waals surface area contributed by atoms with E-state index in [9.17, 15) is 4.79 Å². The van der Waals surface area contributed by atoms with Crippen LogP contribution in [0.2, 0.25) is 0 Å². The Morgan fingerprint density at radius 1 is 1.31 bits per heavy atom. The van der Waals surface area contributed by atoms with Crippen molar-refractivity contribution in [1.29, 1.82) is 0 Å². The number of hydrogen-bond donors (Lipinski definition) is 0. The van der Waals surface area contributed by atoms with Gasteiger partial charge in [-0.15, -0.1) is 0 Å². The van der Waals surface area contributed by atoms with Crippen molar-refractivity contribution >= 4 is 21.7 Å². The van der Waals surface area contributed by atoms with E-state index >= 15 is 0 Å². The third kappa shape index (κ3) is 8.48. The lowest BCUT2D eigenvalue weighted by molar-refractivity contribution is -0.117. The van der Waals surface area contributed by atoms with Crippen LogP contribution in [0.25, 0.3) is 0 Å². The number of Topliss-reactive ketones (excluding diaryl/α,β-unsaturated/α-hetero) is 1. The van der Waals surface area contributed by atoms with Crippen LogP contribution in [-0.4, -0.2) is 11.1 Å². The van der Waals surface area contributed by atoms with Crippen molar-refractivity contribution in [3.63, 3.8) is 0 Å². The lowest BCUT2D eigenvalue weighted by atomic mass is 9.98. The van der Waals surface area contributed by atoms with E-state index in [1.165, 1.54) is 32.1 Å². The Bertz CT molecular complexity index is 134. The Kier molecular flexibility index (Phi) is 8.84. The SMILES string of the molecule is CCCCCCC(C)CC(=O)CBr. The van der Waals surface area contributed by atoms with Crippen LogP contribution in [0.1, 0.15) is 52.4 Å². The first-order valence-electron chi connectivity index (χ1n) is 5.28. The van der Waals surface area contributed by atoms with Crippen molar-refractivity contribution in [1.82, 2.24) is 0 Å². The van der Waals surface area contributed by atoms with Crippen molar-refractivity contribution in [2.45, 2.75) is 52.4 Å². The number of rotatable bonds is 8. The molecule has 0 fully saturated rings. The molecule has 78 valence electrons. The van der Waals surface area contributed by atoms with E-state index in [-0.39, 0.29) is 0 Å². The van der Waals surface area contributed by atoms with E-state index in [4.69, 9.17) is 0 Å². The van der Waals surface area contributed by atoms with Crippen LogP contribution >= 0.6 is 15.9 Å². The summed E-state index contributed by atoms with van der Waals surface area (Å²) in [5, 5.41) is 0.520. The van der Waals surface area contributed by atoms with Crippen molar-refractivity contribution < 1.29 is 4.79 Å². The van der Waals surface area contributed by atoms with Gasteiger partial charge in [-0.05, 0) is 5.92 Å². The van der Waals surface area contributed by atoms with Gasteiger partial charge in [0.15, 0.2) is 0 Å². The second-order valence-electron chi connectivity index (χ2n) is 3.83. The van der Waals surface area contributed by atoms with E-state index in [1.54, 1.807) is 0 Å². The fourth-order valence-corrected chi connectivity index (χ4v) is 1.69. The first-order valence-corrected chi connectivity index (χ1v) is 6.40. The Labute approximate surface area is 90.4 Å². The normalized spacial score (nSPS) is 12.8. The van der Waals surface area contributed by atoms with Gasteiger partial charge in [0.2, 0.25) is 0 Å². The molecule has 2 heteroatoms. The quantitative estimate of drug-likeness (QED) is 0.470. The van der Waals surface area contributed by atoms with Crippen molar-refractivity contribution in [3.8, 4) is 0 Å². The molecule has 0 spiro atoms. The molecule has 0 amide bonds. The van der Waals surface area contributed by atoms with Gasteiger partial charge in [0.25, 0.3) is 0 Å². The van der Waals surface area contributed by atoms with E-state index in [0.717, 1.165) is 6.42 Å². The molecule has 1 unspecified atom stereocenters. The van der Waals surface area contributed by atoms with E-state index in [0.29, 0.717) is 17.0 Å². The summed E-state index contributed by atoms with van der Waals surface area (Å²) in [7, 11) is 0. The summed E-state index contributed by atoms with van der Waals surface area (Å²) in [6.45, 7) is 4.39. The maximum absolute atomic E-state index is 11.1. The van der Waals surface area contributed by atoms with Crippen LogP contribution in [0.5, 0.6) is 0 Å². The predicted octanol–water partition coefficient (Wildman–Crippen LogP) is 3.95. The summed E-state index contributed by atoms with van der Waals surface area (Å²) in [5.74, 6) is 0.907. The summed E-state index contributed by atoms with van der Waals surface area (Å²) in [6, 6.07) is 0. The van der Waals surface area contributed by atoms with Crippen LogP contribution < -0.4 is 0 Å². The van der Waals surface area contributed by atoms with Gasteiger partial charge in [0.05, 0.1) is 5.33 Å². The average Bonchev–Trinajstić information content (AvgIpc) is 2.12. The molecule has 0 aromatic heterocycles. The summed E-state index contributed by atoms with van der Waals surface area (Å²) in [5.41, 5.74) is 0. The Morgan fingerprint density at radius 3 is 2.54 bits per heavy atom. The lowest BCUT2D eigenvalue weighted by Gasteiger charge is -2.08. The highest BCUT2D eigenvalue weighted by Crippen LogP contribution is 2.14. The van der Waals surface area contributed by atoms with Crippen molar-refractivity contribution in [2.24, 2.45) is 5.92 Å². The topological polar surface area (TPSA) is 17.1 Å². The number of halogens is 1. The maximum atomic E-state index is 11.1. The van der Waals surface area contributed by atoms with Gasteiger partial charge in [-0.25, -0.2) is 0 Å². The van der Waals surface area contributed by atoms with Crippen LogP contribution in [0.4, 0.5) is 0 Å². The number of hydrogen-bond acceptors (Lipinski definition) is 1. The molecule has 1 nitrogen and oxygen atoms in total. The first-order chi connectivity index (χ1) is 6.20. The fraction of sp³-hybridized carbons (Fsp3) is 0.909. The summed E-state index contributed by atoms with van der Waals surface area (Å²) in [6.07, 6.45) is 7.18. The molecule has 0 aliphatic rings.